The second-order valence-corrected chi connectivity index (χ2v) is 4.34. The van der Waals surface area contributed by atoms with Crippen LogP contribution in [-0.2, 0) is 0 Å². The van der Waals surface area contributed by atoms with Crippen LogP contribution in [0.15, 0.2) is 12.4 Å². The predicted octanol–water partition coefficient (Wildman–Crippen LogP) is 2.98. The highest BCUT2D eigenvalue weighted by molar-refractivity contribution is 5.43. The fourth-order valence-corrected chi connectivity index (χ4v) is 1.71. The zero-order chi connectivity index (χ0) is 14.0. The lowest BCUT2D eigenvalue weighted by atomic mass is 10.3. The first-order valence-electron chi connectivity index (χ1n) is 6.15. The molecule has 2 aromatic rings. The molecule has 0 aliphatic carbocycles. The van der Waals surface area contributed by atoms with Gasteiger partial charge in [-0.2, -0.15) is 0 Å². The molecule has 2 aromatic heterocycles. The van der Waals surface area contributed by atoms with Gasteiger partial charge >= 0.3 is 0 Å². The minimum absolute atomic E-state index is 0.0538. The summed E-state index contributed by atoms with van der Waals surface area (Å²) in [4.78, 5) is 8.11. The van der Waals surface area contributed by atoms with E-state index in [0.717, 1.165) is 23.9 Å². The Morgan fingerprint density at radius 2 is 2.00 bits per heavy atom. The summed E-state index contributed by atoms with van der Waals surface area (Å²) in [7, 11) is 0. The zero-order valence-electron chi connectivity index (χ0n) is 11.2. The Labute approximate surface area is 110 Å². The predicted molar refractivity (Wildman–Crippen MR) is 69.5 cm³/mol. The summed E-state index contributed by atoms with van der Waals surface area (Å²) in [6.07, 6.45) is 2.31. The molecule has 0 fully saturated rings. The number of imidazole rings is 1. The number of hydrogen-bond donors (Lipinski definition) is 1. The highest BCUT2D eigenvalue weighted by Crippen LogP contribution is 2.20. The molecule has 0 saturated heterocycles. The first kappa shape index (κ1) is 13.5. The molecule has 0 unspecified atom stereocenters. The highest BCUT2D eigenvalue weighted by Gasteiger charge is 2.15. The number of pyridine rings is 1. The number of halogens is 2. The number of hydrogen-bond acceptors (Lipinski definition) is 3. The number of anilines is 1. The van der Waals surface area contributed by atoms with Crippen LogP contribution >= 0.6 is 0 Å². The van der Waals surface area contributed by atoms with Crippen LogP contribution in [0.4, 0.5) is 14.6 Å². The van der Waals surface area contributed by atoms with Gasteiger partial charge < -0.3 is 5.32 Å². The number of rotatable bonds is 4. The van der Waals surface area contributed by atoms with E-state index in [0.29, 0.717) is 6.54 Å². The average molecular weight is 266 g/mol. The van der Waals surface area contributed by atoms with Gasteiger partial charge in [0.25, 0.3) is 0 Å². The normalized spacial score (nSPS) is 10.8. The van der Waals surface area contributed by atoms with Gasteiger partial charge in [0.05, 0.1) is 5.69 Å². The molecule has 4 nitrogen and oxygen atoms in total. The average Bonchev–Trinajstić information content (AvgIpc) is 2.69. The lowest BCUT2D eigenvalue weighted by Gasteiger charge is -2.10. The van der Waals surface area contributed by atoms with Gasteiger partial charge in [0.15, 0.2) is 23.3 Å². The Hall–Kier alpha value is -1.98. The molecule has 0 spiro atoms. The van der Waals surface area contributed by atoms with E-state index in [1.807, 2.05) is 20.8 Å². The van der Waals surface area contributed by atoms with E-state index in [1.54, 1.807) is 0 Å². The molecule has 6 heteroatoms. The fraction of sp³-hybridized carbons (Fsp3) is 0.385. The minimum atomic E-state index is -0.708. The summed E-state index contributed by atoms with van der Waals surface area (Å²) in [5, 5.41) is 2.84. The molecule has 0 aliphatic rings. The van der Waals surface area contributed by atoms with Crippen molar-refractivity contribution >= 4 is 5.82 Å². The molecule has 0 bridgehead atoms. The van der Waals surface area contributed by atoms with Gasteiger partial charge in [-0.25, -0.2) is 18.7 Å². The Morgan fingerprint density at radius 3 is 2.58 bits per heavy atom. The van der Waals surface area contributed by atoms with Crippen LogP contribution in [0.2, 0.25) is 0 Å². The quantitative estimate of drug-likeness (QED) is 0.925. The standard InChI is InChI=1S/C13H16F2N4/c1-4-5-16-12-10(14)6-11(15)13(18-12)19-7-17-8(2)9(19)3/h6-7H,4-5H2,1-3H3,(H,16,18). The van der Waals surface area contributed by atoms with Gasteiger partial charge in [-0.1, -0.05) is 6.92 Å². The van der Waals surface area contributed by atoms with Gasteiger partial charge in [0.2, 0.25) is 0 Å². The molecule has 0 aliphatic heterocycles. The Morgan fingerprint density at radius 1 is 1.26 bits per heavy atom. The van der Waals surface area contributed by atoms with E-state index in [2.05, 4.69) is 15.3 Å². The van der Waals surface area contributed by atoms with Crippen molar-refractivity contribution in [1.82, 2.24) is 14.5 Å². The van der Waals surface area contributed by atoms with Gasteiger partial charge in [-0.15, -0.1) is 0 Å². The fourth-order valence-electron chi connectivity index (χ4n) is 1.71. The molecule has 0 amide bonds. The van der Waals surface area contributed by atoms with Crippen LogP contribution in [0.5, 0.6) is 0 Å². The Kier molecular flexibility index (Phi) is 3.78. The van der Waals surface area contributed by atoms with Gasteiger partial charge in [-0.3, -0.25) is 4.57 Å². The highest BCUT2D eigenvalue weighted by atomic mass is 19.1. The summed E-state index contributed by atoms with van der Waals surface area (Å²) >= 11 is 0. The number of aromatic nitrogens is 3. The van der Waals surface area contributed by atoms with Crippen LogP contribution in [0.3, 0.4) is 0 Å². The molecule has 1 N–H and O–H groups in total. The molecule has 19 heavy (non-hydrogen) atoms. The van der Waals surface area contributed by atoms with E-state index in [4.69, 9.17) is 0 Å². The SMILES string of the molecule is CCCNc1nc(-n2cnc(C)c2C)c(F)cc1F. The second-order valence-electron chi connectivity index (χ2n) is 4.34. The molecule has 2 rings (SSSR count). The van der Waals surface area contributed by atoms with Gasteiger partial charge in [0.1, 0.15) is 6.33 Å². The molecule has 0 radical (unpaired) electrons. The Balaban J connectivity index is 2.48. The lowest BCUT2D eigenvalue weighted by Crippen LogP contribution is -2.09. The van der Waals surface area contributed by atoms with Gasteiger partial charge in [-0.05, 0) is 20.3 Å². The minimum Gasteiger partial charge on any atom is -0.368 e. The van der Waals surface area contributed by atoms with Crippen molar-refractivity contribution < 1.29 is 8.78 Å². The van der Waals surface area contributed by atoms with E-state index in [1.165, 1.54) is 10.9 Å². The van der Waals surface area contributed by atoms with Crippen molar-refractivity contribution in [3.63, 3.8) is 0 Å². The van der Waals surface area contributed by atoms with Crippen LogP contribution < -0.4 is 5.32 Å². The van der Waals surface area contributed by atoms with Crippen molar-refractivity contribution in [2.24, 2.45) is 0 Å². The maximum atomic E-state index is 13.8. The van der Waals surface area contributed by atoms with Crippen molar-refractivity contribution in [3.8, 4) is 5.82 Å². The molecule has 0 saturated carbocycles. The molecule has 2 heterocycles. The van der Waals surface area contributed by atoms with Crippen LogP contribution in [0, 0.1) is 25.5 Å². The molecule has 0 aromatic carbocycles. The van der Waals surface area contributed by atoms with E-state index >= 15 is 0 Å². The smallest absolute Gasteiger partial charge is 0.176 e. The third kappa shape index (κ3) is 2.57. The van der Waals surface area contributed by atoms with Crippen LogP contribution in [-0.4, -0.2) is 21.1 Å². The maximum Gasteiger partial charge on any atom is 0.176 e. The summed E-state index contributed by atoms with van der Waals surface area (Å²) in [6, 6.07) is 0.842. The molecular formula is C13H16F2N4. The van der Waals surface area contributed by atoms with Gasteiger partial charge in [0, 0.05) is 18.3 Å². The summed E-state index contributed by atoms with van der Waals surface area (Å²) in [5.41, 5.74) is 1.56. The largest absolute Gasteiger partial charge is 0.368 e. The number of nitrogens with zero attached hydrogens (tertiary/aromatic N) is 3. The molecule has 0 atom stereocenters. The van der Waals surface area contributed by atoms with E-state index in [9.17, 15) is 8.78 Å². The topological polar surface area (TPSA) is 42.7 Å². The number of aryl methyl sites for hydroxylation is 1. The Bertz CT molecular complexity index is 593. The van der Waals surface area contributed by atoms with Crippen LogP contribution in [0.25, 0.3) is 5.82 Å². The van der Waals surface area contributed by atoms with Crippen molar-refractivity contribution in [2.45, 2.75) is 27.2 Å². The van der Waals surface area contributed by atoms with Crippen molar-refractivity contribution in [1.29, 1.82) is 0 Å². The second kappa shape index (κ2) is 5.34. The monoisotopic (exact) mass is 266 g/mol. The van der Waals surface area contributed by atoms with Crippen molar-refractivity contribution in [2.75, 3.05) is 11.9 Å². The first-order chi connectivity index (χ1) is 9.04. The van der Waals surface area contributed by atoms with Crippen LogP contribution in [0.1, 0.15) is 24.7 Å². The summed E-state index contributed by atoms with van der Waals surface area (Å²) in [5.74, 6) is -1.29. The number of nitrogens with one attached hydrogen (secondary N) is 1. The molecular weight excluding hydrogens is 250 g/mol. The maximum absolute atomic E-state index is 13.8. The molecule has 102 valence electrons. The third-order valence-electron chi connectivity index (χ3n) is 2.93. The third-order valence-corrected chi connectivity index (χ3v) is 2.93. The van der Waals surface area contributed by atoms with Crippen molar-refractivity contribution in [3.05, 3.63) is 35.4 Å². The zero-order valence-corrected chi connectivity index (χ0v) is 11.2. The lowest BCUT2D eigenvalue weighted by molar-refractivity contribution is 0.567. The summed E-state index contributed by atoms with van der Waals surface area (Å²) < 4.78 is 28.9. The van der Waals surface area contributed by atoms with E-state index in [-0.39, 0.29) is 11.6 Å². The first-order valence-corrected chi connectivity index (χ1v) is 6.15. The summed E-state index contributed by atoms with van der Waals surface area (Å²) in [6.45, 7) is 6.17. The van der Waals surface area contributed by atoms with E-state index < -0.39 is 11.6 Å².